The molecule has 144 valence electrons. The van der Waals surface area contributed by atoms with E-state index in [1.807, 2.05) is 30.3 Å². The Morgan fingerprint density at radius 1 is 1.04 bits per heavy atom. The third-order valence-electron chi connectivity index (χ3n) is 4.83. The van der Waals surface area contributed by atoms with Gasteiger partial charge in [-0.2, -0.15) is 0 Å². The standard InChI is InChI=1S/C21H21BrN4O2/c1-28-21-19(26-11-3-2-4-12-26)24-18-13-16(9-10-17(18)25-21)23-20(27)14-5-7-15(22)8-6-14/h5-10,13H,2-4,11-12H2,1H3,(H,23,27). The number of anilines is 2. The first kappa shape index (κ1) is 18.7. The van der Waals surface area contributed by atoms with Gasteiger partial charge in [-0.1, -0.05) is 15.9 Å². The average Bonchev–Trinajstić information content (AvgIpc) is 2.73. The molecule has 3 aromatic rings. The van der Waals surface area contributed by atoms with Gasteiger partial charge >= 0.3 is 0 Å². The zero-order valence-corrected chi connectivity index (χ0v) is 17.2. The molecule has 4 rings (SSSR count). The van der Waals surface area contributed by atoms with Crippen LogP contribution in [0.4, 0.5) is 11.5 Å². The maximum absolute atomic E-state index is 12.5. The Kier molecular flexibility index (Phi) is 5.43. The topological polar surface area (TPSA) is 67.3 Å². The molecule has 1 amide bonds. The third-order valence-corrected chi connectivity index (χ3v) is 5.36. The lowest BCUT2D eigenvalue weighted by molar-refractivity contribution is 0.102. The first-order valence-electron chi connectivity index (χ1n) is 9.32. The van der Waals surface area contributed by atoms with Crippen LogP contribution in [-0.4, -0.2) is 36.1 Å². The van der Waals surface area contributed by atoms with E-state index in [0.717, 1.165) is 47.3 Å². The summed E-state index contributed by atoms with van der Waals surface area (Å²) in [5.41, 5.74) is 2.75. The number of benzene rings is 2. The van der Waals surface area contributed by atoms with Gasteiger partial charge in [0, 0.05) is 28.8 Å². The number of nitrogens with zero attached hydrogens (tertiary/aromatic N) is 3. The van der Waals surface area contributed by atoms with Crippen molar-refractivity contribution in [1.29, 1.82) is 0 Å². The van der Waals surface area contributed by atoms with Gasteiger partial charge in [-0.05, 0) is 61.7 Å². The Morgan fingerprint density at radius 2 is 1.79 bits per heavy atom. The molecule has 0 unspecified atom stereocenters. The van der Waals surface area contributed by atoms with E-state index in [1.54, 1.807) is 19.2 Å². The van der Waals surface area contributed by atoms with Crippen LogP contribution in [0.1, 0.15) is 29.6 Å². The van der Waals surface area contributed by atoms with Gasteiger partial charge in [-0.3, -0.25) is 4.79 Å². The van der Waals surface area contributed by atoms with E-state index in [9.17, 15) is 4.79 Å². The van der Waals surface area contributed by atoms with Crippen molar-refractivity contribution in [2.75, 3.05) is 30.4 Å². The number of aromatic nitrogens is 2. The number of hydrogen-bond donors (Lipinski definition) is 1. The number of carbonyl (C=O) groups excluding carboxylic acids is 1. The van der Waals surface area contributed by atoms with Gasteiger partial charge in [0.15, 0.2) is 5.82 Å². The summed E-state index contributed by atoms with van der Waals surface area (Å²) in [7, 11) is 1.62. The van der Waals surface area contributed by atoms with Crippen molar-refractivity contribution in [3.05, 3.63) is 52.5 Å². The molecule has 2 aromatic carbocycles. The number of carbonyl (C=O) groups is 1. The summed E-state index contributed by atoms with van der Waals surface area (Å²) >= 11 is 3.38. The summed E-state index contributed by atoms with van der Waals surface area (Å²) in [4.78, 5) is 24.1. The van der Waals surface area contributed by atoms with Crippen molar-refractivity contribution >= 4 is 44.4 Å². The van der Waals surface area contributed by atoms with Crippen LogP contribution in [0, 0.1) is 0 Å². The summed E-state index contributed by atoms with van der Waals surface area (Å²) < 4.78 is 6.41. The highest BCUT2D eigenvalue weighted by atomic mass is 79.9. The fourth-order valence-corrected chi connectivity index (χ4v) is 3.62. The Labute approximate surface area is 172 Å². The molecule has 0 aliphatic carbocycles. The maximum Gasteiger partial charge on any atom is 0.257 e. The highest BCUT2D eigenvalue weighted by Gasteiger charge is 2.19. The second-order valence-electron chi connectivity index (χ2n) is 6.77. The summed E-state index contributed by atoms with van der Waals surface area (Å²) in [6, 6.07) is 12.8. The molecular formula is C21H21BrN4O2. The monoisotopic (exact) mass is 440 g/mol. The lowest BCUT2D eigenvalue weighted by Gasteiger charge is -2.28. The fourth-order valence-electron chi connectivity index (χ4n) is 3.36. The Bertz CT molecular complexity index is 1000. The van der Waals surface area contributed by atoms with Crippen LogP contribution in [0.3, 0.4) is 0 Å². The average molecular weight is 441 g/mol. The molecule has 0 spiro atoms. The maximum atomic E-state index is 12.5. The molecule has 0 saturated carbocycles. The third kappa shape index (κ3) is 3.94. The van der Waals surface area contributed by atoms with Crippen molar-refractivity contribution in [2.24, 2.45) is 0 Å². The molecule has 0 atom stereocenters. The van der Waals surface area contributed by atoms with Gasteiger partial charge in [0.2, 0.25) is 0 Å². The molecule has 0 radical (unpaired) electrons. The van der Waals surface area contributed by atoms with Crippen LogP contribution in [0.2, 0.25) is 0 Å². The number of rotatable bonds is 4. The molecular weight excluding hydrogens is 420 g/mol. The zero-order chi connectivity index (χ0) is 19.5. The van der Waals surface area contributed by atoms with E-state index in [1.165, 1.54) is 6.42 Å². The molecule has 1 aromatic heterocycles. The summed E-state index contributed by atoms with van der Waals surface area (Å²) in [5, 5.41) is 2.93. The molecule has 6 nitrogen and oxygen atoms in total. The number of methoxy groups -OCH3 is 1. The van der Waals surface area contributed by atoms with E-state index in [-0.39, 0.29) is 5.91 Å². The minimum absolute atomic E-state index is 0.162. The number of fused-ring (bicyclic) bond motifs is 1. The van der Waals surface area contributed by atoms with Crippen LogP contribution in [-0.2, 0) is 0 Å². The lowest BCUT2D eigenvalue weighted by atomic mass is 10.1. The minimum Gasteiger partial charge on any atom is -0.478 e. The smallest absolute Gasteiger partial charge is 0.257 e. The SMILES string of the molecule is COc1nc2ccc(NC(=O)c3ccc(Br)cc3)cc2nc1N1CCCCC1. The van der Waals surface area contributed by atoms with Gasteiger partial charge in [0.25, 0.3) is 11.8 Å². The van der Waals surface area contributed by atoms with Gasteiger partial charge in [-0.25, -0.2) is 9.97 Å². The Balaban J connectivity index is 1.63. The molecule has 1 N–H and O–H groups in total. The van der Waals surface area contributed by atoms with Crippen LogP contribution >= 0.6 is 15.9 Å². The van der Waals surface area contributed by atoms with Crippen LogP contribution in [0.5, 0.6) is 5.88 Å². The number of halogens is 1. The summed E-state index contributed by atoms with van der Waals surface area (Å²) in [5.74, 6) is 1.15. The van der Waals surface area contributed by atoms with Crippen molar-refractivity contribution in [3.8, 4) is 5.88 Å². The molecule has 2 heterocycles. The number of nitrogens with one attached hydrogen (secondary N) is 1. The predicted molar refractivity (Wildman–Crippen MR) is 114 cm³/mol. The molecule has 1 aliphatic rings. The van der Waals surface area contributed by atoms with Gasteiger partial charge in [0.05, 0.1) is 18.1 Å². The molecule has 0 bridgehead atoms. The Morgan fingerprint density at radius 3 is 2.50 bits per heavy atom. The number of piperidine rings is 1. The summed E-state index contributed by atoms with van der Waals surface area (Å²) in [6.45, 7) is 1.91. The quantitative estimate of drug-likeness (QED) is 0.639. The van der Waals surface area contributed by atoms with Crippen LogP contribution in [0.15, 0.2) is 46.9 Å². The second kappa shape index (κ2) is 8.14. The highest BCUT2D eigenvalue weighted by molar-refractivity contribution is 9.10. The number of amides is 1. The van der Waals surface area contributed by atoms with Crippen molar-refractivity contribution in [1.82, 2.24) is 9.97 Å². The molecule has 1 fully saturated rings. The van der Waals surface area contributed by atoms with E-state index in [4.69, 9.17) is 9.72 Å². The van der Waals surface area contributed by atoms with E-state index >= 15 is 0 Å². The Hall–Kier alpha value is -2.67. The number of ether oxygens (including phenoxy) is 1. The first-order chi connectivity index (χ1) is 13.6. The van der Waals surface area contributed by atoms with E-state index < -0.39 is 0 Å². The van der Waals surface area contributed by atoms with E-state index in [0.29, 0.717) is 17.1 Å². The summed E-state index contributed by atoms with van der Waals surface area (Å²) in [6.07, 6.45) is 3.53. The fraction of sp³-hybridized carbons (Fsp3) is 0.286. The first-order valence-corrected chi connectivity index (χ1v) is 10.1. The molecule has 1 aliphatic heterocycles. The largest absolute Gasteiger partial charge is 0.478 e. The van der Waals surface area contributed by atoms with Crippen molar-refractivity contribution in [2.45, 2.75) is 19.3 Å². The van der Waals surface area contributed by atoms with Crippen LogP contribution < -0.4 is 15.0 Å². The van der Waals surface area contributed by atoms with Gasteiger partial charge in [0.1, 0.15) is 0 Å². The van der Waals surface area contributed by atoms with Crippen molar-refractivity contribution in [3.63, 3.8) is 0 Å². The van der Waals surface area contributed by atoms with Gasteiger partial charge < -0.3 is 15.0 Å². The highest BCUT2D eigenvalue weighted by Crippen LogP contribution is 2.30. The molecule has 1 saturated heterocycles. The van der Waals surface area contributed by atoms with Gasteiger partial charge in [-0.15, -0.1) is 0 Å². The van der Waals surface area contributed by atoms with Crippen LogP contribution in [0.25, 0.3) is 11.0 Å². The second-order valence-corrected chi connectivity index (χ2v) is 7.68. The predicted octanol–water partition coefficient (Wildman–Crippen LogP) is 4.64. The minimum atomic E-state index is -0.162. The van der Waals surface area contributed by atoms with E-state index in [2.05, 4.69) is 31.1 Å². The molecule has 28 heavy (non-hydrogen) atoms. The van der Waals surface area contributed by atoms with Crippen molar-refractivity contribution < 1.29 is 9.53 Å². The molecule has 7 heteroatoms. The normalized spacial score (nSPS) is 14.1. The lowest BCUT2D eigenvalue weighted by Crippen LogP contribution is -2.30. The zero-order valence-electron chi connectivity index (χ0n) is 15.6. The number of hydrogen-bond acceptors (Lipinski definition) is 5.